The molecule has 3 aliphatic carbocycles. The van der Waals surface area contributed by atoms with Crippen LogP contribution in [0.25, 0.3) is 0 Å². The molecule has 0 saturated heterocycles. The molecule has 0 bridgehead atoms. The van der Waals surface area contributed by atoms with Crippen LogP contribution in [-0.4, -0.2) is 51.7 Å². The summed E-state index contributed by atoms with van der Waals surface area (Å²) in [7, 11) is -1.96. The lowest BCUT2D eigenvalue weighted by Gasteiger charge is -2.43. The van der Waals surface area contributed by atoms with Crippen molar-refractivity contribution >= 4 is 14.2 Å². The normalized spacial score (nSPS) is 29.9. The first kappa shape index (κ1) is 35.7. The predicted octanol–water partition coefficient (Wildman–Crippen LogP) is 9.07. The topological polar surface area (TPSA) is 47.6 Å². The zero-order valence-electron chi connectivity index (χ0n) is 27.0. The number of hydrogen-bond acceptors (Lipinski definition) is 3. The fourth-order valence-corrected chi connectivity index (χ4v) is 7.78. The highest BCUT2D eigenvalue weighted by atomic mass is 28.4. The number of rotatable bonds is 9. The molecular formula is C33H50F5NO3Si. The molecule has 0 heterocycles. The number of ether oxygens (including phenoxy) is 1. The van der Waals surface area contributed by atoms with Gasteiger partial charge in [0, 0.05) is 0 Å². The second kappa shape index (κ2) is 12.9. The SMILES string of the molecule is C=C1/C(=C\C=C2/CCC[C@]3(C)C([C@H](C)OCC(=O)NCC(F)(F)C(F)(F)F)=CCC23)CC(C)CC1O[Si](C)(C)C(C)(C)C. The van der Waals surface area contributed by atoms with Crippen molar-refractivity contribution in [3.63, 3.8) is 0 Å². The molecule has 4 nitrogen and oxygen atoms in total. The summed E-state index contributed by atoms with van der Waals surface area (Å²) in [5.74, 6) is -5.24. The zero-order chi connectivity index (χ0) is 32.6. The fraction of sp³-hybridized carbons (Fsp3) is 0.727. The van der Waals surface area contributed by atoms with Gasteiger partial charge in [-0.2, -0.15) is 22.0 Å². The summed E-state index contributed by atoms with van der Waals surface area (Å²) in [5, 5.41) is 1.76. The van der Waals surface area contributed by atoms with Crippen molar-refractivity contribution in [3.05, 3.63) is 47.1 Å². The van der Waals surface area contributed by atoms with Crippen molar-refractivity contribution in [1.82, 2.24) is 5.32 Å². The van der Waals surface area contributed by atoms with E-state index in [1.54, 1.807) is 12.2 Å². The Labute approximate surface area is 255 Å². The molecule has 2 saturated carbocycles. The summed E-state index contributed by atoms with van der Waals surface area (Å²) in [6, 6.07) is 0. The maximum absolute atomic E-state index is 13.1. The molecule has 244 valence electrons. The van der Waals surface area contributed by atoms with Crippen molar-refractivity contribution < 1.29 is 35.9 Å². The second-order valence-corrected chi connectivity index (χ2v) is 19.3. The monoisotopic (exact) mass is 631 g/mol. The molecule has 0 radical (unpaired) electrons. The summed E-state index contributed by atoms with van der Waals surface area (Å²) in [6.07, 6.45) is 6.17. The number of amides is 1. The maximum atomic E-state index is 13.1. The third-order valence-corrected chi connectivity index (χ3v) is 14.6. The van der Waals surface area contributed by atoms with Gasteiger partial charge in [0.15, 0.2) is 8.32 Å². The van der Waals surface area contributed by atoms with E-state index in [2.05, 4.69) is 72.5 Å². The molecule has 1 amide bonds. The quantitative estimate of drug-likeness (QED) is 0.157. The van der Waals surface area contributed by atoms with E-state index in [0.29, 0.717) is 5.92 Å². The minimum atomic E-state index is -5.72. The van der Waals surface area contributed by atoms with Crippen LogP contribution in [0.5, 0.6) is 0 Å². The van der Waals surface area contributed by atoms with Crippen molar-refractivity contribution in [1.29, 1.82) is 0 Å². The second-order valence-electron chi connectivity index (χ2n) is 14.5. The molecule has 3 rings (SSSR count). The highest BCUT2D eigenvalue weighted by molar-refractivity contribution is 6.74. The number of hydrogen-bond donors (Lipinski definition) is 1. The summed E-state index contributed by atoms with van der Waals surface area (Å²) in [5.41, 5.74) is 4.54. The average molecular weight is 632 g/mol. The number of carbonyl (C=O) groups excluding carboxylic acids is 1. The molecule has 0 aliphatic heterocycles. The maximum Gasteiger partial charge on any atom is 0.455 e. The lowest BCUT2D eigenvalue weighted by Crippen LogP contribution is -2.47. The molecular weight excluding hydrogens is 581 g/mol. The van der Waals surface area contributed by atoms with Crippen LogP contribution in [0.15, 0.2) is 47.1 Å². The van der Waals surface area contributed by atoms with Crippen molar-refractivity contribution in [3.8, 4) is 0 Å². The molecule has 43 heavy (non-hydrogen) atoms. The van der Waals surface area contributed by atoms with Crippen LogP contribution in [0.2, 0.25) is 18.1 Å². The average Bonchev–Trinajstić information content (AvgIpc) is 3.23. The third kappa shape index (κ3) is 8.09. The van der Waals surface area contributed by atoms with E-state index in [4.69, 9.17) is 9.16 Å². The van der Waals surface area contributed by atoms with E-state index in [1.807, 2.05) is 0 Å². The zero-order valence-corrected chi connectivity index (χ0v) is 28.0. The molecule has 0 aromatic rings. The number of halogens is 5. The van der Waals surface area contributed by atoms with Gasteiger partial charge in [-0.25, -0.2) is 0 Å². The standard InChI is InChI=1S/C33H50F5NO3Si/c1-21-17-25(22(2)28(18-21)42-43(8,9)30(4,5)6)13-12-24-11-10-16-31(7)26(14-15-27(24)31)23(3)41-19-29(40)39-20-32(34,35)33(36,37)38/h12-14,21,23,27-28H,2,10-11,15-20H2,1,3-9H3,(H,39,40)/b24-12+,25-13-/t21?,23-,27?,28?,31+/m0/s1. The van der Waals surface area contributed by atoms with Gasteiger partial charge in [-0.1, -0.05) is 65.0 Å². The van der Waals surface area contributed by atoms with Gasteiger partial charge in [0.05, 0.1) is 18.8 Å². The number of fused-ring (bicyclic) bond motifs is 1. The molecule has 0 aromatic heterocycles. The van der Waals surface area contributed by atoms with Gasteiger partial charge in [0.2, 0.25) is 5.91 Å². The molecule has 5 atom stereocenters. The van der Waals surface area contributed by atoms with Crippen molar-refractivity contribution in [2.24, 2.45) is 17.3 Å². The fourth-order valence-electron chi connectivity index (χ4n) is 6.47. The molecule has 3 aliphatic rings. The highest BCUT2D eigenvalue weighted by Crippen LogP contribution is 2.56. The van der Waals surface area contributed by atoms with Crippen LogP contribution in [-0.2, 0) is 14.0 Å². The lowest BCUT2D eigenvalue weighted by atomic mass is 9.63. The first-order valence-electron chi connectivity index (χ1n) is 15.4. The summed E-state index contributed by atoms with van der Waals surface area (Å²) in [4.78, 5) is 12.0. The first-order chi connectivity index (χ1) is 19.6. The van der Waals surface area contributed by atoms with Crippen LogP contribution >= 0.6 is 0 Å². The summed E-state index contributed by atoms with van der Waals surface area (Å²) < 4.78 is 76.0. The number of allylic oxidation sites excluding steroid dienone is 4. The van der Waals surface area contributed by atoms with Crippen LogP contribution in [0.4, 0.5) is 22.0 Å². The van der Waals surface area contributed by atoms with Crippen LogP contribution in [0, 0.1) is 17.3 Å². The van der Waals surface area contributed by atoms with E-state index in [0.717, 1.165) is 49.7 Å². The highest BCUT2D eigenvalue weighted by Gasteiger charge is 2.57. The van der Waals surface area contributed by atoms with Crippen molar-refractivity contribution in [2.75, 3.05) is 13.2 Å². The van der Waals surface area contributed by atoms with Crippen LogP contribution in [0.1, 0.15) is 80.1 Å². The molecule has 2 fully saturated rings. The van der Waals surface area contributed by atoms with E-state index < -0.39 is 45.6 Å². The summed E-state index contributed by atoms with van der Waals surface area (Å²) >= 11 is 0. The van der Waals surface area contributed by atoms with Crippen LogP contribution in [0.3, 0.4) is 0 Å². The third-order valence-electron chi connectivity index (χ3n) is 10.2. The largest absolute Gasteiger partial charge is 0.455 e. The Balaban J connectivity index is 1.67. The van der Waals surface area contributed by atoms with E-state index in [1.165, 1.54) is 11.1 Å². The molecule has 1 N–H and O–H groups in total. The summed E-state index contributed by atoms with van der Waals surface area (Å²) in [6.45, 7) is 19.6. The van der Waals surface area contributed by atoms with Gasteiger partial charge in [0.25, 0.3) is 0 Å². The van der Waals surface area contributed by atoms with Gasteiger partial charge in [-0.3, -0.25) is 4.79 Å². The van der Waals surface area contributed by atoms with Gasteiger partial charge in [-0.05, 0) is 97.6 Å². The minimum Gasteiger partial charge on any atom is -0.410 e. The first-order valence-corrected chi connectivity index (χ1v) is 18.3. The Kier molecular flexibility index (Phi) is 10.7. The number of alkyl halides is 5. The van der Waals surface area contributed by atoms with Gasteiger partial charge >= 0.3 is 12.1 Å². The molecule has 10 heteroatoms. The Morgan fingerprint density at radius 1 is 1.21 bits per heavy atom. The van der Waals surface area contributed by atoms with E-state index >= 15 is 0 Å². The molecule has 0 spiro atoms. The smallest absolute Gasteiger partial charge is 0.410 e. The lowest BCUT2D eigenvalue weighted by molar-refractivity contribution is -0.278. The molecule has 3 unspecified atom stereocenters. The van der Waals surface area contributed by atoms with Gasteiger partial charge in [-0.15, -0.1) is 0 Å². The Morgan fingerprint density at radius 3 is 2.47 bits per heavy atom. The van der Waals surface area contributed by atoms with E-state index in [9.17, 15) is 26.7 Å². The number of nitrogens with one attached hydrogen (secondary N) is 1. The predicted molar refractivity (Wildman–Crippen MR) is 163 cm³/mol. The van der Waals surface area contributed by atoms with Crippen molar-refractivity contribution in [2.45, 2.75) is 123 Å². The molecule has 0 aromatic carbocycles. The van der Waals surface area contributed by atoms with Gasteiger partial charge in [0.1, 0.15) is 6.61 Å². The van der Waals surface area contributed by atoms with Gasteiger partial charge < -0.3 is 14.5 Å². The Bertz CT molecular complexity index is 1150. The van der Waals surface area contributed by atoms with E-state index in [-0.39, 0.29) is 22.5 Å². The Morgan fingerprint density at radius 2 is 1.86 bits per heavy atom. The minimum absolute atomic E-state index is 0.0283. The Hall–Kier alpha value is -1.78. The number of carbonyl (C=O) groups is 1. The van der Waals surface area contributed by atoms with Crippen LogP contribution < -0.4 is 5.32 Å².